The standard InChI is InChI=1S/C17H14Cl3NO3/c1-23-12-9-7-11(8-10-12)21-15(17(18,19)20)14(16(21)22)24-13-5-3-2-4-6-13/h2-10,14-15H,1H3/t14-,15-/m0/s1. The number of para-hydroxylation sites is 1. The molecule has 1 aliphatic heterocycles. The van der Waals surface area contributed by atoms with Crippen molar-refractivity contribution in [1.82, 2.24) is 0 Å². The van der Waals surface area contributed by atoms with E-state index in [4.69, 9.17) is 44.3 Å². The average Bonchev–Trinajstić information content (AvgIpc) is 2.57. The van der Waals surface area contributed by atoms with Gasteiger partial charge in [-0.3, -0.25) is 9.69 Å². The van der Waals surface area contributed by atoms with Crippen molar-refractivity contribution in [2.24, 2.45) is 0 Å². The zero-order valence-corrected chi connectivity index (χ0v) is 14.9. The van der Waals surface area contributed by atoms with E-state index in [0.717, 1.165) is 0 Å². The summed E-state index contributed by atoms with van der Waals surface area (Å²) in [5, 5.41) is 0. The highest BCUT2D eigenvalue weighted by Gasteiger charge is 2.59. The summed E-state index contributed by atoms with van der Waals surface area (Å²) in [5.41, 5.74) is 0.616. The number of nitrogens with zero attached hydrogens (tertiary/aromatic N) is 1. The number of benzene rings is 2. The minimum atomic E-state index is -1.69. The number of β-lactam (4-membered cyclic amide) rings is 1. The Morgan fingerprint density at radius 1 is 0.958 bits per heavy atom. The number of amides is 1. The number of methoxy groups -OCH3 is 1. The monoisotopic (exact) mass is 385 g/mol. The molecule has 0 bridgehead atoms. The van der Waals surface area contributed by atoms with Gasteiger partial charge in [0.25, 0.3) is 5.91 Å². The second-order valence-electron chi connectivity index (χ2n) is 5.24. The zero-order chi connectivity index (χ0) is 17.3. The maximum atomic E-state index is 12.6. The van der Waals surface area contributed by atoms with E-state index in [-0.39, 0.29) is 5.91 Å². The van der Waals surface area contributed by atoms with Crippen LogP contribution < -0.4 is 14.4 Å². The molecule has 0 spiro atoms. The third kappa shape index (κ3) is 3.27. The number of rotatable bonds is 4. The summed E-state index contributed by atoms with van der Waals surface area (Å²) in [6.07, 6.45) is -0.859. The number of halogens is 3. The summed E-state index contributed by atoms with van der Waals surface area (Å²) in [6.45, 7) is 0. The number of carbonyl (C=O) groups excluding carboxylic acids is 1. The summed E-state index contributed by atoms with van der Waals surface area (Å²) in [6, 6.07) is 15.2. The summed E-state index contributed by atoms with van der Waals surface area (Å²) in [5.74, 6) is 0.957. The van der Waals surface area contributed by atoms with Gasteiger partial charge in [-0.2, -0.15) is 0 Å². The molecule has 3 rings (SSSR count). The van der Waals surface area contributed by atoms with Gasteiger partial charge < -0.3 is 9.47 Å². The van der Waals surface area contributed by atoms with E-state index in [1.165, 1.54) is 4.90 Å². The molecule has 1 amide bonds. The Bertz CT molecular complexity index is 716. The van der Waals surface area contributed by atoms with Crippen LogP contribution in [0.3, 0.4) is 0 Å². The molecule has 2 aromatic rings. The largest absolute Gasteiger partial charge is 0.497 e. The summed E-state index contributed by atoms with van der Waals surface area (Å²) >= 11 is 18.3. The Balaban J connectivity index is 1.86. The normalized spacial score (nSPS) is 20.5. The van der Waals surface area contributed by atoms with Gasteiger partial charge in [-0.05, 0) is 36.4 Å². The molecule has 7 heteroatoms. The molecule has 1 fully saturated rings. The zero-order valence-electron chi connectivity index (χ0n) is 12.7. The molecule has 24 heavy (non-hydrogen) atoms. The number of carbonyl (C=O) groups is 1. The SMILES string of the molecule is COc1ccc(N2C(=O)[C@@H](Oc3ccccc3)[C@H]2C(Cl)(Cl)Cl)cc1. The van der Waals surface area contributed by atoms with Gasteiger partial charge in [0.05, 0.1) is 7.11 Å². The number of hydrogen-bond acceptors (Lipinski definition) is 3. The number of hydrogen-bond donors (Lipinski definition) is 0. The van der Waals surface area contributed by atoms with Crippen molar-refractivity contribution in [3.63, 3.8) is 0 Å². The Morgan fingerprint density at radius 3 is 2.12 bits per heavy atom. The van der Waals surface area contributed by atoms with Gasteiger partial charge >= 0.3 is 0 Å². The van der Waals surface area contributed by atoms with E-state index in [9.17, 15) is 4.79 Å². The van der Waals surface area contributed by atoms with Crippen molar-refractivity contribution < 1.29 is 14.3 Å². The molecule has 1 saturated heterocycles. The average molecular weight is 387 g/mol. The molecule has 0 radical (unpaired) electrons. The maximum absolute atomic E-state index is 12.6. The number of anilines is 1. The van der Waals surface area contributed by atoms with Gasteiger partial charge in [0, 0.05) is 5.69 Å². The van der Waals surface area contributed by atoms with Crippen molar-refractivity contribution in [1.29, 1.82) is 0 Å². The lowest BCUT2D eigenvalue weighted by Gasteiger charge is -2.49. The molecule has 0 N–H and O–H groups in total. The topological polar surface area (TPSA) is 38.8 Å². The fourth-order valence-corrected chi connectivity index (χ4v) is 3.21. The molecule has 4 nitrogen and oxygen atoms in total. The molecular formula is C17H14Cl3NO3. The Hall–Kier alpha value is -1.62. The highest BCUT2D eigenvalue weighted by atomic mass is 35.6. The molecule has 2 atom stereocenters. The van der Waals surface area contributed by atoms with E-state index >= 15 is 0 Å². The minimum Gasteiger partial charge on any atom is -0.497 e. The first kappa shape index (κ1) is 17.2. The smallest absolute Gasteiger partial charge is 0.270 e. The second kappa shape index (κ2) is 6.71. The fraction of sp³-hybridized carbons (Fsp3) is 0.235. The van der Waals surface area contributed by atoms with Crippen LogP contribution in [0.4, 0.5) is 5.69 Å². The van der Waals surface area contributed by atoms with Crippen LogP contribution in [0.15, 0.2) is 54.6 Å². The van der Waals surface area contributed by atoms with Crippen LogP contribution in [0.1, 0.15) is 0 Å². The van der Waals surface area contributed by atoms with Crippen molar-refractivity contribution in [3.8, 4) is 11.5 Å². The van der Waals surface area contributed by atoms with Crippen LogP contribution in [-0.2, 0) is 4.79 Å². The first-order valence-corrected chi connectivity index (χ1v) is 8.31. The molecule has 1 aliphatic rings. The third-order valence-corrected chi connectivity index (χ3v) is 4.41. The van der Waals surface area contributed by atoms with E-state index in [1.54, 1.807) is 43.5 Å². The van der Waals surface area contributed by atoms with E-state index in [0.29, 0.717) is 17.2 Å². The van der Waals surface area contributed by atoms with Crippen LogP contribution in [-0.4, -0.2) is 29.0 Å². The van der Waals surface area contributed by atoms with Gasteiger partial charge in [-0.25, -0.2) is 0 Å². The fourth-order valence-electron chi connectivity index (χ4n) is 2.57. The maximum Gasteiger partial charge on any atom is 0.270 e. The third-order valence-electron chi connectivity index (χ3n) is 3.74. The summed E-state index contributed by atoms with van der Waals surface area (Å²) < 4.78 is 9.16. The highest BCUT2D eigenvalue weighted by Crippen LogP contribution is 2.44. The quantitative estimate of drug-likeness (QED) is 0.583. The minimum absolute atomic E-state index is 0.264. The van der Waals surface area contributed by atoms with Gasteiger partial charge in [0.15, 0.2) is 0 Å². The molecule has 0 saturated carbocycles. The predicted octanol–water partition coefficient (Wildman–Crippen LogP) is 4.23. The summed E-state index contributed by atoms with van der Waals surface area (Å²) in [7, 11) is 1.57. The summed E-state index contributed by atoms with van der Waals surface area (Å²) in [4.78, 5) is 14.0. The lowest BCUT2D eigenvalue weighted by Crippen LogP contribution is -2.72. The molecule has 0 unspecified atom stereocenters. The highest BCUT2D eigenvalue weighted by molar-refractivity contribution is 6.68. The van der Waals surface area contributed by atoms with Gasteiger partial charge in [-0.15, -0.1) is 0 Å². The Morgan fingerprint density at radius 2 is 1.58 bits per heavy atom. The van der Waals surface area contributed by atoms with E-state index in [2.05, 4.69) is 0 Å². The van der Waals surface area contributed by atoms with Crippen molar-refractivity contribution in [2.45, 2.75) is 15.9 Å². The first-order valence-electron chi connectivity index (χ1n) is 7.17. The molecule has 0 aliphatic carbocycles. The second-order valence-corrected chi connectivity index (χ2v) is 7.61. The molecule has 0 aromatic heterocycles. The Kier molecular flexibility index (Phi) is 4.81. The molecular weight excluding hydrogens is 373 g/mol. The van der Waals surface area contributed by atoms with Crippen molar-refractivity contribution in [3.05, 3.63) is 54.6 Å². The molecule has 2 aromatic carbocycles. The van der Waals surface area contributed by atoms with Crippen LogP contribution in [0.5, 0.6) is 11.5 Å². The predicted molar refractivity (Wildman–Crippen MR) is 95.4 cm³/mol. The Labute approximate surface area is 154 Å². The molecule has 1 heterocycles. The van der Waals surface area contributed by atoms with Crippen LogP contribution >= 0.6 is 34.8 Å². The van der Waals surface area contributed by atoms with Crippen molar-refractivity contribution in [2.75, 3.05) is 12.0 Å². The van der Waals surface area contributed by atoms with Crippen LogP contribution in [0.25, 0.3) is 0 Å². The van der Waals surface area contributed by atoms with Crippen molar-refractivity contribution >= 4 is 46.4 Å². The lowest BCUT2D eigenvalue weighted by molar-refractivity contribution is -0.134. The number of alkyl halides is 3. The van der Waals surface area contributed by atoms with E-state index in [1.807, 2.05) is 18.2 Å². The van der Waals surface area contributed by atoms with Gasteiger partial charge in [0.1, 0.15) is 17.5 Å². The number of ether oxygens (including phenoxy) is 2. The van der Waals surface area contributed by atoms with Gasteiger partial charge in [0.2, 0.25) is 9.90 Å². The lowest BCUT2D eigenvalue weighted by atomic mass is 9.97. The van der Waals surface area contributed by atoms with Crippen LogP contribution in [0.2, 0.25) is 0 Å². The van der Waals surface area contributed by atoms with Gasteiger partial charge in [-0.1, -0.05) is 53.0 Å². The van der Waals surface area contributed by atoms with Crippen LogP contribution in [0, 0.1) is 0 Å². The molecule has 126 valence electrons. The first-order chi connectivity index (χ1) is 11.4. The van der Waals surface area contributed by atoms with E-state index < -0.39 is 15.9 Å².